The minimum absolute atomic E-state index is 0.301. The normalized spacial score (nSPS) is 11.7. The summed E-state index contributed by atoms with van der Waals surface area (Å²) in [4.78, 5) is 11.6. The summed E-state index contributed by atoms with van der Waals surface area (Å²) in [6.07, 6.45) is -1.73. The minimum Gasteiger partial charge on any atom is -0.406 e. The standard InChI is InChI=1S/C20H15F3N4O2/c1-3-18(28)24-12-4-9-17-15(10-12)16-11-26(2)25-19(16)27(17)13-5-7-14(8-6-13)29-20(21,22)23/h3-11H,1H2,2H3,(H,24,28). The highest BCUT2D eigenvalue weighted by molar-refractivity contribution is 6.10. The number of aryl methyl sites for hydroxylation is 1. The summed E-state index contributed by atoms with van der Waals surface area (Å²) < 4.78 is 44.7. The molecule has 0 aliphatic rings. The molecule has 2 aromatic carbocycles. The number of nitrogens with one attached hydrogen (secondary N) is 1. The van der Waals surface area contributed by atoms with Gasteiger partial charge in [0, 0.05) is 35.4 Å². The van der Waals surface area contributed by atoms with E-state index in [4.69, 9.17) is 0 Å². The molecule has 0 aliphatic heterocycles. The van der Waals surface area contributed by atoms with Gasteiger partial charge < -0.3 is 10.1 Å². The summed E-state index contributed by atoms with van der Waals surface area (Å²) in [5.74, 6) is -0.629. The predicted molar refractivity (Wildman–Crippen MR) is 103 cm³/mol. The van der Waals surface area contributed by atoms with Crippen molar-refractivity contribution in [2.45, 2.75) is 6.36 Å². The van der Waals surface area contributed by atoms with Crippen LogP contribution in [0.4, 0.5) is 18.9 Å². The van der Waals surface area contributed by atoms with Crippen LogP contribution in [0.25, 0.3) is 27.6 Å². The SMILES string of the molecule is C=CC(=O)Nc1ccc2c(c1)c1cn(C)nc1n2-c1ccc(OC(F)(F)F)cc1. The van der Waals surface area contributed by atoms with Gasteiger partial charge in [0.25, 0.3) is 0 Å². The van der Waals surface area contributed by atoms with Crippen LogP contribution >= 0.6 is 0 Å². The van der Waals surface area contributed by atoms with Crippen LogP contribution in [0.2, 0.25) is 0 Å². The van der Waals surface area contributed by atoms with Crippen molar-refractivity contribution in [2.24, 2.45) is 7.05 Å². The van der Waals surface area contributed by atoms with Gasteiger partial charge in [-0.25, -0.2) is 0 Å². The third kappa shape index (κ3) is 3.54. The number of carbonyl (C=O) groups is 1. The maximum absolute atomic E-state index is 12.4. The largest absolute Gasteiger partial charge is 0.573 e. The molecule has 0 bridgehead atoms. The predicted octanol–water partition coefficient (Wildman–Crippen LogP) is 4.54. The minimum atomic E-state index is -4.75. The van der Waals surface area contributed by atoms with E-state index >= 15 is 0 Å². The van der Waals surface area contributed by atoms with Crippen molar-refractivity contribution in [1.29, 1.82) is 0 Å². The van der Waals surface area contributed by atoms with Crippen molar-refractivity contribution in [3.05, 3.63) is 61.3 Å². The number of carbonyl (C=O) groups excluding carboxylic acids is 1. The molecule has 0 spiro atoms. The van der Waals surface area contributed by atoms with Crippen LogP contribution in [0.1, 0.15) is 0 Å². The second-order valence-corrected chi connectivity index (χ2v) is 6.34. The molecular weight excluding hydrogens is 385 g/mol. The van der Waals surface area contributed by atoms with Gasteiger partial charge in [0.05, 0.1) is 5.52 Å². The summed E-state index contributed by atoms with van der Waals surface area (Å²) >= 11 is 0. The molecule has 0 saturated heterocycles. The number of fused-ring (bicyclic) bond motifs is 3. The van der Waals surface area contributed by atoms with Gasteiger partial charge >= 0.3 is 6.36 Å². The maximum atomic E-state index is 12.4. The topological polar surface area (TPSA) is 61.1 Å². The molecule has 29 heavy (non-hydrogen) atoms. The number of anilines is 1. The highest BCUT2D eigenvalue weighted by Crippen LogP contribution is 2.33. The first-order chi connectivity index (χ1) is 13.7. The first kappa shape index (κ1) is 18.6. The summed E-state index contributed by atoms with van der Waals surface area (Å²) in [7, 11) is 1.78. The molecule has 148 valence electrons. The van der Waals surface area contributed by atoms with Crippen molar-refractivity contribution in [2.75, 3.05) is 5.32 Å². The molecular formula is C20H15F3N4O2. The van der Waals surface area contributed by atoms with Gasteiger partial charge in [-0.05, 0) is 48.5 Å². The van der Waals surface area contributed by atoms with Crippen LogP contribution in [0, 0.1) is 0 Å². The number of hydrogen-bond acceptors (Lipinski definition) is 3. The lowest BCUT2D eigenvalue weighted by atomic mass is 10.2. The van der Waals surface area contributed by atoms with E-state index in [1.165, 1.54) is 30.3 Å². The third-order valence-corrected chi connectivity index (χ3v) is 4.33. The second-order valence-electron chi connectivity index (χ2n) is 6.34. The Hall–Kier alpha value is -3.75. The van der Waals surface area contributed by atoms with E-state index in [0.717, 1.165) is 16.3 Å². The maximum Gasteiger partial charge on any atom is 0.573 e. The fourth-order valence-corrected chi connectivity index (χ4v) is 3.22. The molecule has 2 heterocycles. The molecule has 4 aromatic rings. The Morgan fingerprint density at radius 3 is 2.55 bits per heavy atom. The Kier molecular flexibility index (Phi) is 4.30. The molecule has 9 heteroatoms. The van der Waals surface area contributed by atoms with Gasteiger partial charge in [0.2, 0.25) is 5.91 Å². The molecule has 1 amide bonds. The molecule has 0 saturated carbocycles. The zero-order chi connectivity index (χ0) is 20.8. The van der Waals surface area contributed by atoms with Gasteiger partial charge in [-0.15, -0.1) is 13.2 Å². The van der Waals surface area contributed by atoms with Gasteiger partial charge in [-0.3, -0.25) is 14.0 Å². The number of ether oxygens (including phenoxy) is 1. The van der Waals surface area contributed by atoms with Crippen molar-refractivity contribution in [3.63, 3.8) is 0 Å². The van der Waals surface area contributed by atoms with Crippen LogP contribution in [0.15, 0.2) is 61.3 Å². The number of amides is 1. The molecule has 0 atom stereocenters. The van der Waals surface area contributed by atoms with E-state index in [1.807, 2.05) is 22.9 Å². The zero-order valence-corrected chi connectivity index (χ0v) is 15.2. The lowest BCUT2D eigenvalue weighted by Crippen LogP contribution is -2.17. The quantitative estimate of drug-likeness (QED) is 0.512. The second kappa shape index (κ2) is 6.69. The molecule has 0 unspecified atom stereocenters. The van der Waals surface area contributed by atoms with Crippen LogP contribution in [-0.4, -0.2) is 26.6 Å². The summed E-state index contributed by atoms with van der Waals surface area (Å²) in [6.45, 7) is 3.44. The fraction of sp³-hybridized carbons (Fsp3) is 0.100. The summed E-state index contributed by atoms with van der Waals surface area (Å²) in [6, 6.07) is 10.9. The van der Waals surface area contributed by atoms with E-state index < -0.39 is 6.36 Å². The Labute approximate surface area is 162 Å². The number of rotatable bonds is 4. The van der Waals surface area contributed by atoms with Gasteiger partial charge in [-0.1, -0.05) is 6.58 Å². The Morgan fingerprint density at radius 2 is 1.90 bits per heavy atom. The zero-order valence-electron chi connectivity index (χ0n) is 15.2. The first-order valence-corrected chi connectivity index (χ1v) is 8.52. The smallest absolute Gasteiger partial charge is 0.406 e. The number of alkyl halides is 3. The highest BCUT2D eigenvalue weighted by atomic mass is 19.4. The first-order valence-electron chi connectivity index (χ1n) is 8.52. The summed E-state index contributed by atoms with van der Waals surface area (Å²) in [5.41, 5.74) is 2.66. The number of halogens is 3. The fourth-order valence-electron chi connectivity index (χ4n) is 3.22. The number of nitrogens with zero attached hydrogens (tertiary/aromatic N) is 3. The Morgan fingerprint density at radius 1 is 1.17 bits per heavy atom. The van der Waals surface area contributed by atoms with Crippen molar-refractivity contribution in [1.82, 2.24) is 14.3 Å². The van der Waals surface area contributed by atoms with Crippen molar-refractivity contribution in [3.8, 4) is 11.4 Å². The van der Waals surface area contributed by atoms with Crippen LogP contribution in [0.3, 0.4) is 0 Å². The van der Waals surface area contributed by atoms with Gasteiger partial charge in [0.15, 0.2) is 5.65 Å². The van der Waals surface area contributed by atoms with Crippen molar-refractivity contribution < 1.29 is 22.7 Å². The average molecular weight is 400 g/mol. The van der Waals surface area contributed by atoms with E-state index in [-0.39, 0.29) is 11.7 Å². The molecule has 2 aromatic heterocycles. The van der Waals surface area contributed by atoms with E-state index in [2.05, 4.69) is 21.7 Å². The molecule has 6 nitrogen and oxygen atoms in total. The van der Waals surface area contributed by atoms with Gasteiger partial charge in [-0.2, -0.15) is 5.10 Å². The number of hydrogen-bond donors (Lipinski definition) is 1. The summed E-state index contributed by atoms with van der Waals surface area (Å²) in [5, 5.41) is 8.88. The van der Waals surface area contributed by atoms with E-state index in [0.29, 0.717) is 17.0 Å². The van der Waals surface area contributed by atoms with Crippen LogP contribution < -0.4 is 10.1 Å². The lowest BCUT2D eigenvalue weighted by molar-refractivity contribution is -0.274. The highest BCUT2D eigenvalue weighted by Gasteiger charge is 2.31. The van der Waals surface area contributed by atoms with Crippen LogP contribution in [0.5, 0.6) is 5.75 Å². The average Bonchev–Trinajstić information content (AvgIpc) is 3.16. The van der Waals surface area contributed by atoms with E-state index in [1.54, 1.807) is 17.8 Å². The number of aromatic nitrogens is 3. The molecule has 4 rings (SSSR count). The van der Waals surface area contributed by atoms with Gasteiger partial charge in [0.1, 0.15) is 5.75 Å². The van der Waals surface area contributed by atoms with Crippen molar-refractivity contribution >= 4 is 33.5 Å². The molecule has 0 radical (unpaired) electrons. The lowest BCUT2D eigenvalue weighted by Gasteiger charge is -2.11. The molecule has 0 fully saturated rings. The Bertz CT molecular complexity index is 1240. The molecule has 1 N–H and O–H groups in total. The Balaban J connectivity index is 1.84. The van der Waals surface area contributed by atoms with Crippen LogP contribution in [-0.2, 0) is 11.8 Å². The monoisotopic (exact) mass is 400 g/mol. The third-order valence-electron chi connectivity index (χ3n) is 4.33. The van der Waals surface area contributed by atoms with E-state index in [9.17, 15) is 18.0 Å². The number of benzene rings is 2. The molecule has 0 aliphatic carbocycles.